The zero-order valence-electron chi connectivity index (χ0n) is 10.0. The molecular weight excluding hydrogens is 270 g/mol. The minimum atomic E-state index is -0.489. The molecule has 1 aromatic heterocycles. The molecule has 2 rings (SSSR count). The number of ether oxygens (including phenoxy) is 1. The summed E-state index contributed by atoms with van der Waals surface area (Å²) in [6, 6.07) is 6.19. The van der Waals surface area contributed by atoms with Gasteiger partial charge >= 0.3 is 5.69 Å². The molecule has 1 aromatic carbocycles. The van der Waals surface area contributed by atoms with Gasteiger partial charge in [-0.25, -0.2) is 9.97 Å². The van der Waals surface area contributed by atoms with Crippen LogP contribution in [-0.2, 0) is 6.42 Å². The van der Waals surface area contributed by atoms with Crippen molar-refractivity contribution in [3.8, 4) is 11.6 Å². The average Bonchev–Trinajstić information content (AvgIpc) is 2.39. The van der Waals surface area contributed by atoms with Crippen molar-refractivity contribution in [3.63, 3.8) is 0 Å². The maximum atomic E-state index is 11.0. The first-order valence-electron chi connectivity index (χ1n) is 5.53. The highest BCUT2D eigenvalue weighted by Gasteiger charge is 2.17. The largest absolute Gasteiger partial charge is 0.432 e. The van der Waals surface area contributed by atoms with Gasteiger partial charge in [-0.3, -0.25) is 10.1 Å². The van der Waals surface area contributed by atoms with Gasteiger partial charge in [0.1, 0.15) is 11.5 Å². The predicted molar refractivity (Wildman–Crippen MR) is 69.6 cm³/mol. The Balaban J connectivity index is 2.36. The van der Waals surface area contributed by atoms with E-state index in [2.05, 4.69) is 9.97 Å². The van der Waals surface area contributed by atoms with Gasteiger partial charge in [0.2, 0.25) is 11.6 Å². The third-order valence-electron chi connectivity index (χ3n) is 2.45. The van der Waals surface area contributed by atoms with Gasteiger partial charge in [-0.05, 0) is 18.1 Å². The van der Waals surface area contributed by atoms with Crippen molar-refractivity contribution in [2.24, 2.45) is 0 Å². The van der Waals surface area contributed by atoms with Crippen LogP contribution in [0.2, 0.25) is 5.15 Å². The number of nitro groups is 1. The summed E-state index contributed by atoms with van der Waals surface area (Å²) in [5.41, 5.74) is 0.758. The van der Waals surface area contributed by atoms with Crippen LogP contribution >= 0.6 is 11.6 Å². The van der Waals surface area contributed by atoms with E-state index < -0.39 is 4.92 Å². The summed E-state index contributed by atoms with van der Waals surface area (Å²) >= 11 is 5.70. The molecule has 0 fully saturated rings. The molecule has 98 valence electrons. The number of hydrogen-bond acceptors (Lipinski definition) is 5. The van der Waals surface area contributed by atoms with Crippen LogP contribution in [0.1, 0.15) is 12.5 Å². The van der Waals surface area contributed by atoms with Crippen LogP contribution in [0, 0.1) is 10.1 Å². The number of hydrogen-bond donors (Lipinski definition) is 0. The zero-order valence-corrected chi connectivity index (χ0v) is 10.8. The van der Waals surface area contributed by atoms with E-state index in [-0.39, 0.29) is 22.5 Å². The molecule has 0 amide bonds. The van der Waals surface area contributed by atoms with E-state index in [1.165, 1.54) is 18.5 Å². The van der Waals surface area contributed by atoms with Gasteiger partial charge in [-0.1, -0.05) is 24.6 Å². The van der Waals surface area contributed by atoms with Crippen molar-refractivity contribution in [1.82, 2.24) is 9.97 Å². The maximum absolute atomic E-state index is 11.0. The first-order chi connectivity index (χ1) is 9.10. The summed E-state index contributed by atoms with van der Waals surface area (Å²) in [6.45, 7) is 1.92. The summed E-state index contributed by atoms with van der Waals surface area (Å²) in [5, 5.41) is 11.2. The van der Waals surface area contributed by atoms with Crippen LogP contribution in [0.4, 0.5) is 5.69 Å². The molecule has 0 radical (unpaired) electrons. The van der Waals surface area contributed by atoms with Gasteiger partial charge in [0.15, 0.2) is 0 Å². The molecule has 0 aliphatic carbocycles. The standard InChI is InChI=1S/C12H10ClN3O3/c1-2-8-3-4-10(9(5-8)16(17)18)19-12-6-11(13)14-7-15-12/h3-7H,2H2,1H3. The SMILES string of the molecule is CCc1ccc(Oc2cc(Cl)ncn2)c([N+](=O)[O-])c1. The monoisotopic (exact) mass is 279 g/mol. The van der Waals surface area contributed by atoms with Crippen LogP contribution < -0.4 is 4.74 Å². The van der Waals surface area contributed by atoms with Crippen molar-refractivity contribution in [3.05, 3.63) is 51.4 Å². The fourth-order valence-electron chi connectivity index (χ4n) is 1.50. The van der Waals surface area contributed by atoms with Gasteiger partial charge in [-0.15, -0.1) is 0 Å². The smallest absolute Gasteiger partial charge is 0.311 e. The average molecular weight is 280 g/mol. The molecule has 2 aromatic rings. The minimum absolute atomic E-state index is 0.103. The number of nitro benzene ring substituents is 1. The highest BCUT2D eigenvalue weighted by molar-refractivity contribution is 6.29. The molecule has 6 nitrogen and oxygen atoms in total. The van der Waals surface area contributed by atoms with Gasteiger partial charge < -0.3 is 4.74 Å². The van der Waals surface area contributed by atoms with E-state index in [0.717, 1.165) is 5.56 Å². The molecule has 0 bridgehead atoms. The third kappa shape index (κ3) is 3.17. The van der Waals surface area contributed by atoms with Crippen molar-refractivity contribution in [1.29, 1.82) is 0 Å². The Kier molecular flexibility index (Phi) is 3.91. The molecule has 0 spiro atoms. The van der Waals surface area contributed by atoms with E-state index in [9.17, 15) is 10.1 Å². The van der Waals surface area contributed by atoms with E-state index in [1.807, 2.05) is 6.92 Å². The minimum Gasteiger partial charge on any atom is -0.432 e. The van der Waals surface area contributed by atoms with E-state index in [0.29, 0.717) is 6.42 Å². The van der Waals surface area contributed by atoms with Crippen LogP contribution in [0.3, 0.4) is 0 Å². The Morgan fingerprint density at radius 2 is 2.16 bits per heavy atom. The number of rotatable bonds is 4. The highest BCUT2D eigenvalue weighted by Crippen LogP contribution is 2.31. The molecule has 0 aliphatic rings. The Labute approximate surface area is 114 Å². The fraction of sp³-hybridized carbons (Fsp3) is 0.167. The summed E-state index contributed by atoms with van der Waals surface area (Å²) in [5.74, 6) is 0.282. The number of nitrogens with zero attached hydrogens (tertiary/aromatic N) is 3. The molecule has 7 heteroatoms. The molecule has 0 saturated carbocycles. The second-order valence-electron chi connectivity index (χ2n) is 3.69. The van der Waals surface area contributed by atoms with Crippen molar-refractivity contribution >= 4 is 17.3 Å². The lowest BCUT2D eigenvalue weighted by atomic mass is 10.1. The molecule has 0 N–H and O–H groups in total. The van der Waals surface area contributed by atoms with Crippen LogP contribution in [0.5, 0.6) is 11.6 Å². The molecule has 1 heterocycles. The molecular formula is C12H10ClN3O3. The van der Waals surface area contributed by atoms with Gasteiger partial charge in [0.25, 0.3) is 0 Å². The summed E-state index contributed by atoms with van der Waals surface area (Å²) in [7, 11) is 0. The summed E-state index contributed by atoms with van der Waals surface area (Å²) in [4.78, 5) is 18.1. The number of benzene rings is 1. The zero-order chi connectivity index (χ0) is 13.8. The van der Waals surface area contributed by atoms with Gasteiger partial charge in [-0.2, -0.15) is 0 Å². The lowest BCUT2D eigenvalue weighted by molar-refractivity contribution is -0.385. The van der Waals surface area contributed by atoms with Crippen molar-refractivity contribution < 1.29 is 9.66 Å². The second kappa shape index (κ2) is 5.62. The third-order valence-corrected chi connectivity index (χ3v) is 2.66. The van der Waals surface area contributed by atoms with E-state index in [4.69, 9.17) is 16.3 Å². The Morgan fingerprint density at radius 1 is 1.37 bits per heavy atom. The Morgan fingerprint density at radius 3 is 2.79 bits per heavy atom. The van der Waals surface area contributed by atoms with Gasteiger partial charge in [0, 0.05) is 12.1 Å². The van der Waals surface area contributed by atoms with Crippen molar-refractivity contribution in [2.45, 2.75) is 13.3 Å². The second-order valence-corrected chi connectivity index (χ2v) is 4.08. The lowest BCUT2D eigenvalue weighted by Crippen LogP contribution is -1.96. The van der Waals surface area contributed by atoms with Crippen molar-refractivity contribution in [2.75, 3.05) is 0 Å². The van der Waals surface area contributed by atoms with E-state index in [1.54, 1.807) is 12.1 Å². The Hall–Kier alpha value is -2.21. The first kappa shape index (κ1) is 13.2. The molecule has 0 aliphatic heterocycles. The summed E-state index contributed by atoms with van der Waals surface area (Å²) < 4.78 is 5.37. The molecule has 19 heavy (non-hydrogen) atoms. The van der Waals surface area contributed by atoms with Gasteiger partial charge in [0.05, 0.1) is 4.92 Å². The number of halogens is 1. The van der Waals surface area contributed by atoms with E-state index >= 15 is 0 Å². The number of aryl methyl sites for hydroxylation is 1. The maximum Gasteiger partial charge on any atom is 0.311 e. The van der Waals surface area contributed by atoms with Crippen LogP contribution in [0.15, 0.2) is 30.6 Å². The lowest BCUT2D eigenvalue weighted by Gasteiger charge is -2.06. The number of aromatic nitrogens is 2. The fourth-order valence-corrected chi connectivity index (χ4v) is 1.63. The Bertz CT molecular complexity index is 619. The topological polar surface area (TPSA) is 78.2 Å². The molecule has 0 saturated heterocycles. The quantitative estimate of drug-likeness (QED) is 0.487. The predicted octanol–water partition coefficient (Wildman–Crippen LogP) is 3.39. The summed E-state index contributed by atoms with van der Waals surface area (Å²) in [6.07, 6.45) is 1.93. The molecule has 0 atom stereocenters. The normalized spacial score (nSPS) is 10.2. The van der Waals surface area contributed by atoms with Crippen LogP contribution in [-0.4, -0.2) is 14.9 Å². The molecule has 0 unspecified atom stereocenters. The highest BCUT2D eigenvalue weighted by atomic mass is 35.5. The van der Waals surface area contributed by atoms with Crippen LogP contribution in [0.25, 0.3) is 0 Å². The first-order valence-corrected chi connectivity index (χ1v) is 5.90.